The molecule has 144 valence electrons. The highest BCUT2D eigenvalue weighted by atomic mass is 35.5. The molecule has 0 unspecified atom stereocenters. The van der Waals surface area contributed by atoms with E-state index in [0.29, 0.717) is 41.8 Å². The summed E-state index contributed by atoms with van der Waals surface area (Å²) in [5.41, 5.74) is 1.61. The maximum Gasteiger partial charge on any atom is 0.467 e. The van der Waals surface area contributed by atoms with Gasteiger partial charge < -0.3 is 0 Å². The molecule has 0 saturated heterocycles. The minimum Gasteiger partial charge on any atom is -0.166 e. The van der Waals surface area contributed by atoms with Gasteiger partial charge in [0.05, 0.1) is 25.7 Å². The minimum atomic E-state index is 0.187. The van der Waals surface area contributed by atoms with Crippen LogP contribution in [0.1, 0.15) is 0 Å². The Morgan fingerprint density at radius 1 is 0.552 bits per heavy atom. The fraction of sp³-hybridized carbons (Fsp3) is 0. The molecule has 0 fully saturated rings. The molecule has 3 nitrogen and oxygen atoms in total. The maximum absolute atomic E-state index is 6.38. The van der Waals surface area contributed by atoms with Gasteiger partial charge in [-0.15, -0.1) is 9.97 Å². The monoisotopic (exact) mass is 481 g/mol. The van der Waals surface area contributed by atoms with E-state index in [0.717, 1.165) is 0 Å². The summed E-state index contributed by atoms with van der Waals surface area (Å²) in [5.74, 6) is 0.753. The van der Waals surface area contributed by atoms with E-state index >= 15 is 0 Å². The number of hydrogen-bond donors (Lipinski definition) is 0. The molecule has 0 amide bonds. The van der Waals surface area contributed by atoms with Crippen molar-refractivity contribution >= 4 is 58.0 Å². The SMILES string of the molecule is Clc1ccc(-c2nc(-c3c(Cl)cccc3Cl)nc(-c3c(Cl)cccc3Cl)[o+]2)cc1. The molecule has 0 aliphatic carbocycles. The van der Waals surface area contributed by atoms with Gasteiger partial charge in [-0.3, -0.25) is 0 Å². The summed E-state index contributed by atoms with van der Waals surface area (Å²) in [4.78, 5) is 9.05. The summed E-state index contributed by atoms with van der Waals surface area (Å²) in [6.45, 7) is 0. The molecule has 4 aromatic rings. The van der Waals surface area contributed by atoms with Gasteiger partial charge in [-0.25, -0.2) is 0 Å². The number of nitrogens with zero attached hydrogens (tertiary/aromatic N) is 2. The lowest BCUT2D eigenvalue weighted by molar-refractivity contribution is 0.540. The van der Waals surface area contributed by atoms with E-state index in [1.165, 1.54) is 0 Å². The van der Waals surface area contributed by atoms with Gasteiger partial charge >= 0.3 is 11.8 Å². The summed E-state index contributed by atoms with van der Waals surface area (Å²) >= 11 is 31.5. The number of rotatable bonds is 3. The van der Waals surface area contributed by atoms with Gasteiger partial charge in [0, 0.05) is 5.02 Å². The fourth-order valence-corrected chi connectivity index (χ4v) is 3.95. The van der Waals surface area contributed by atoms with Crippen molar-refractivity contribution in [2.45, 2.75) is 0 Å². The molecular formula is C21H10Cl5N2O+. The van der Waals surface area contributed by atoms with Gasteiger partial charge in [0.25, 0.3) is 0 Å². The Morgan fingerprint density at radius 2 is 1.03 bits per heavy atom. The number of aromatic nitrogens is 2. The summed E-state index contributed by atoms with van der Waals surface area (Å²) in [6.07, 6.45) is 0. The molecule has 29 heavy (non-hydrogen) atoms. The van der Waals surface area contributed by atoms with Crippen LogP contribution in [0.2, 0.25) is 25.1 Å². The van der Waals surface area contributed by atoms with Crippen LogP contribution in [0.4, 0.5) is 0 Å². The third-order valence-electron chi connectivity index (χ3n) is 4.06. The fourth-order valence-electron chi connectivity index (χ4n) is 2.70. The van der Waals surface area contributed by atoms with E-state index in [-0.39, 0.29) is 17.6 Å². The average Bonchev–Trinajstić information content (AvgIpc) is 2.68. The third kappa shape index (κ3) is 4.20. The molecule has 0 saturated carbocycles. The van der Waals surface area contributed by atoms with Crippen molar-refractivity contribution in [3.63, 3.8) is 0 Å². The van der Waals surface area contributed by atoms with E-state index < -0.39 is 0 Å². The molecule has 0 atom stereocenters. The topological polar surface area (TPSA) is 37.1 Å². The molecule has 0 radical (unpaired) electrons. The number of hydrogen-bond acceptors (Lipinski definition) is 2. The van der Waals surface area contributed by atoms with Crippen LogP contribution in [0.25, 0.3) is 34.3 Å². The average molecular weight is 484 g/mol. The van der Waals surface area contributed by atoms with Crippen molar-refractivity contribution in [3.05, 3.63) is 85.8 Å². The second-order valence-corrected chi connectivity index (χ2v) is 8.03. The highest BCUT2D eigenvalue weighted by Crippen LogP contribution is 2.38. The lowest BCUT2D eigenvalue weighted by Gasteiger charge is -2.05. The lowest BCUT2D eigenvalue weighted by atomic mass is 10.1. The largest absolute Gasteiger partial charge is 0.467 e. The van der Waals surface area contributed by atoms with Crippen LogP contribution in [0.3, 0.4) is 0 Å². The zero-order chi connectivity index (χ0) is 20.5. The second-order valence-electron chi connectivity index (χ2n) is 5.96. The minimum absolute atomic E-state index is 0.187. The summed E-state index contributed by atoms with van der Waals surface area (Å²) in [6, 6.07) is 17.3. The van der Waals surface area contributed by atoms with Crippen molar-refractivity contribution in [2.75, 3.05) is 0 Å². The molecular weight excluding hydrogens is 474 g/mol. The normalized spacial score (nSPS) is 10.9. The summed E-state index contributed by atoms with van der Waals surface area (Å²) in [7, 11) is 0. The van der Waals surface area contributed by atoms with E-state index in [4.69, 9.17) is 62.4 Å². The molecule has 1 aromatic heterocycles. The molecule has 3 aromatic carbocycles. The number of halogens is 5. The first-order chi connectivity index (χ1) is 13.9. The Morgan fingerprint density at radius 3 is 1.59 bits per heavy atom. The zero-order valence-corrected chi connectivity index (χ0v) is 18.2. The highest BCUT2D eigenvalue weighted by Gasteiger charge is 2.29. The third-order valence-corrected chi connectivity index (χ3v) is 5.57. The van der Waals surface area contributed by atoms with Crippen LogP contribution in [-0.4, -0.2) is 9.97 Å². The van der Waals surface area contributed by atoms with E-state index in [2.05, 4.69) is 9.97 Å². The molecule has 1 heterocycles. The van der Waals surface area contributed by atoms with Gasteiger partial charge in [-0.05, 0) is 48.5 Å². The Balaban J connectivity index is 2.02. The predicted molar refractivity (Wildman–Crippen MR) is 120 cm³/mol. The van der Waals surface area contributed by atoms with Crippen LogP contribution in [0, 0.1) is 0 Å². The van der Waals surface area contributed by atoms with Crippen LogP contribution in [0.15, 0.2) is 65.1 Å². The highest BCUT2D eigenvalue weighted by molar-refractivity contribution is 6.39. The molecule has 0 N–H and O–H groups in total. The number of benzene rings is 3. The van der Waals surface area contributed by atoms with Crippen LogP contribution in [0.5, 0.6) is 0 Å². The van der Waals surface area contributed by atoms with Crippen molar-refractivity contribution in [1.29, 1.82) is 0 Å². The van der Waals surface area contributed by atoms with Gasteiger partial charge in [-0.1, -0.05) is 70.1 Å². The molecule has 0 aliphatic heterocycles. The van der Waals surface area contributed by atoms with Crippen LogP contribution >= 0.6 is 58.0 Å². The first-order valence-corrected chi connectivity index (χ1v) is 10.2. The van der Waals surface area contributed by atoms with E-state index in [1.807, 2.05) is 0 Å². The maximum atomic E-state index is 6.38. The van der Waals surface area contributed by atoms with Gasteiger partial charge in [0.15, 0.2) is 5.82 Å². The van der Waals surface area contributed by atoms with Gasteiger partial charge in [0.1, 0.15) is 11.1 Å². The first kappa shape index (κ1) is 20.4. The van der Waals surface area contributed by atoms with Crippen LogP contribution < -0.4 is 0 Å². The molecule has 0 aliphatic rings. The second kappa shape index (κ2) is 8.47. The van der Waals surface area contributed by atoms with Crippen molar-refractivity contribution in [1.82, 2.24) is 9.97 Å². The Labute approximate surface area is 191 Å². The Hall–Kier alpha value is -1.88. The summed E-state index contributed by atoms with van der Waals surface area (Å²) < 4.78 is 5.97. The Kier molecular flexibility index (Phi) is 5.95. The van der Waals surface area contributed by atoms with Gasteiger partial charge in [0.2, 0.25) is 0 Å². The van der Waals surface area contributed by atoms with E-state index in [9.17, 15) is 0 Å². The quantitative estimate of drug-likeness (QED) is 0.274. The molecule has 8 heteroatoms. The first-order valence-electron chi connectivity index (χ1n) is 8.31. The standard InChI is InChI=1S/C21H10Cl5N2O/c22-12-9-7-11(8-10-12)20-27-19(17-13(23)3-1-4-14(17)24)28-21(29-20)18-15(25)5-2-6-16(18)26/h1-10H/q+1. The predicted octanol–water partition coefficient (Wildman–Crippen LogP) is 8.62. The Bertz CT molecular complexity index is 1100. The van der Waals surface area contributed by atoms with Crippen molar-refractivity contribution < 1.29 is 4.42 Å². The smallest absolute Gasteiger partial charge is 0.166 e. The summed E-state index contributed by atoms with van der Waals surface area (Å²) in [5, 5.41) is 2.17. The molecule has 0 spiro atoms. The van der Waals surface area contributed by atoms with Crippen molar-refractivity contribution in [2.24, 2.45) is 0 Å². The lowest BCUT2D eigenvalue weighted by Crippen LogP contribution is -1.97. The molecule has 4 rings (SSSR count). The van der Waals surface area contributed by atoms with Crippen LogP contribution in [-0.2, 0) is 0 Å². The molecule has 0 bridgehead atoms. The van der Waals surface area contributed by atoms with Gasteiger partial charge in [-0.2, -0.15) is 4.42 Å². The zero-order valence-electron chi connectivity index (χ0n) is 14.5. The van der Waals surface area contributed by atoms with Crippen molar-refractivity contribution in [3.8, 4) is 34.3 Å². The van der Waals surface area contributed by atoms with E-state index in [1.54, 1.807) is 60.7 Å².